The van der Waals surface area contributed by atoms with Gasteiger partial charge in [-0.3, -0.25) is 4.79 Å². The monoisotopic (exact) mass is 456 g/mol. The average molecular weight is 457 g/mol. The van der Waals surface area contributed by atoms with Crippen molar-refractivity contribution in [2.75, 3.05) is 0 Å². The van der Waals surface area contributed by atoms with Crippen LogP contribution in [-0.2, 0) is 4.79 Å². The van der Waals surface area contributed by atoms with Gasteiger partial charge in [0.25, 0.3) is 0 Å². The molecular formula is C30H48O3. The Morgan fingerprint density at radius 1 is 1.09 bits per heavy atom. The van der Waals surface area contributed by atoms with Crippen LogP contribution in [0.25, 0.3) is 0 Å². The van der Waals surface area contributed by atoms with E-state index in [2.05, 4.69) is 47.6 Å². The standard InChI is InChI=1S/C30H48O3/c1-19(10-9-14-26(2,3)33)20-11-17-30(8)25-21(12-16-29(20,30)7)28(6)15-13-24(32)27(4,5)23(28)18-22(25)31/h9,14,19-20,23-24,32-33H,10-13,15-18H2,1-8H3/b14-9+/t19-,20-,23+,24+,28-,29+,30-/m1/s1. The molecule has 0 unspecified atom stereocenters. The van der Waals surface area contributed by atoms with Crippen molar-refractivity contribution in [2.45, 2.75) is 118 Å². The molecule has 186 valence electrons. The van der Waals surface area contributed by atoms with Gasteiger partial charge in [0.1, 0.15) is 0 Å². The first-order valence-electron chi connectivity index (χ1n) is 13.4. The molecule has 0 aliphatic heterocycles. The number of ketones is 1. The van der Waals surface area contributed by atoms with Gasteiger partial charge >= 0.3 is 0 Å². The number of allylic oxidation sites excluding steroid dienone is 3. The molecule has 3 heteroatoms. The Kier molecular flexibility index (Phi) is 5.94. The second kappa shape index (κ2) is 7.79. The minimum absolute atomic E-state index is 0.0372. The Morgan fingerprint density at radius 3 is 2.39 bits per heavy atom. The van der Waals surface area contributed by atoms with Crippen molar-refractivity contribution in [2.24, 2.45) is 39.4 Å². The highest BCUT2D eigenvalue weighted by Crippen LogP contribution is 2.71. The largest absolute Gasteiger partial charge is 0.393 e. The molecule has 2 N–H and O–H groups in total. The van der Waals surface area contributed by atoms with Gasteiger partial charge in [-0.05, 0) is 92.8 Å². The number of Topliss-reactive ketones (excluding diaryl/α,β-unsaturated/α-hetero) is 1. The molecule has 0 aromatic carbocycles. The van der Waals surface area contributed by atoms with Crippen molar-refractivity contribution in [3.8, 4) is 0 Å². The maximum absolute atomic E-state index is 13.9. The Hall–Kier alpha value is -0.930. The molecule has 0 amide bonds. The molecule has 0 radical (unpaired) electrons. The lowest BCUT2D eigenvalue weighted by molar-refractivity contribution is -0.134. The van der Waals surface area contributed by atoms with E-state index in [1.165, 1.54) is 17.6 Å². The van der Waals surface area contributed by atoms with Gasteiger partial charge in [0.05, 0.1) is 11.7 Å². The van der Waals surface area contributed by atoms with Crippen LogP contribution in [0.1, 0.15) is 107 Å². The van der Waals surface area contributed by atoms with Crippen molar-refractivity contribution in [3.63, 3.8) is 0 Å². The molecule has 3 nitrogen and oxygen atoms in total. The normalized spacial score (nSPS) is 43.9. The first kappa shape index (κ1) is 25.2. The molecule has 2 fully saturated rings. The summed E-state index contributed by atoms with van der Waals surface area (Å²) in [7, 11) is 0. The summed E-state index contributed by atoms with van der Waals surface area (Å²) in [6.45, 7) is 17.7. The van der Waals surface area contributed by atoms with Gasteiger partial charge < -0.3 is 10.2 Å². The predicted octanol–water partition coefficient (Wildman–Crippen LogP) is 6.63. The minimum atomic E-state index is -0.764. The van der Waals surface area contributed by atoms with Crippen LogP contribution < -0.4 is 0 Å². The number of fused-ring (bicyclic) bond motifs is 4. The van der Waals surface area contributed by atoms with Crippen LogP contribution in [-0.4, -0.2) is 27.7 Å². The highest BCUT2D eigenvalue weighted by molar-refractivity contribution is 5.99. The molecular weight excluding hydrogens is 408 g/mol. The quantitative estimate of drug-likeness (QED) is 0.467. The van der Waals surface area contributed by atoms with Crippen molar-refractivity contribution in [3.05, 3.63) is 23.3 Å². The first-order chi connectivity index (χ1) is 15.1. The number of aliphatic hydroxyl groups is 2. The zero-order valence-corrected chi connectivity index (χ0v) is 22.4. The molecule has 0 saturated heterocycles. The first-order valence-corrected chi connectivity index (χ1v) is 13.4. The lowest BCUT2D eigenvalue weighted by Crippen LogP contribution is -2.57. The third-order valence-corrected chi connectivity index (χ3v) is 11.3. The van der Waals surface area contributed by atoms with E-state index in [9.17, 15) is 15.0 Å². The van der Waals surface area contributed by atoms with Crippen molar-refractivity contribution in [1.82, 2.24) is 0 Å². The Morgan fingerprint density at radius 2 is 1.76 bits per heavy atom. The van der Waals surface area contributed by atoms with E-state index < -0.39 is 5.60 Å². The van der Waals surface area contributed by atoms with Crippen molar-refractivity contribution >= 4 is 5.78 Å². The van der Waals surface area contributed by atoms with E-state index in [4.69, 9.17) is 0 Å². The molecule has 0 heterocycles. The lowest BCUT2D eigenvalue weighted by Gasteiger charge is -2.61. The van der Waals surface area contributed by atoms with E-state index in [0.717, 1.165) is 38.5 Å². The molecule has 4 aliphatic carbocycles. The smallest absolute Gasteiger partial charge is 0.159 e. The number of hydrogen-bond acceptors (Lipinski definition) is 3. The van der Waals surface area contributed by atoms with Crippen LogP contribution in [0, 0.1) is 39.4 Å². The minimum Gasteiger partial charge on any atom is -0.393 e. The van der Waals surface area contributed by atoms with Crippen LogP contribution in [0.3, 0.4) is 0 Å². The highest BCUT2D eigenvalue weighted by Gasteiger charge is 2.65. The Bertz CT molecular complexity index is 873. The summed E-state index contributed by atoms with van der Waals surface area (Å²) in [5.74, 6) is 1.73. The van der Waals surface area contributed by atoms with Gasteiger partial charge in [-0.2, -0.15) is 0 Å². The van der Waals surface area contributed by atoms with E-state index in [1.54, 1.807) is 0 Å². The van der Waals surface area contributed by atoms with Crippen LogP contribution in [0.4, 0.5) is 0 Å². The molecule has 4 rings (SSSR count). The maximum Gasteiger partial charge on any atom is 0.159 e. The molecule has 4 aliphatic rings. The fourth-order valence-corrected chi connectivity index (χ4v) is 9.04. The number of carbonyl (C=O) groups is 1. The fourth-order valence-electron chi connectivity index (χ4n) is 9.04. The van der Waals surface area contributed by atoms with Crippen molar-refractivity contribution in [1.29, 1.82) is 0 Å². The SMILES string of the molecule is C[C@H](C/C=C/C(C)(C)O)[C@H]1CC[C@]2(C)C3=C(CC[C@@]12C)[C@@]1(C)CC[C@H](O)C(C)(C)[C@@H]1CC3=O. The third kappa shape index (κ3) is 3.63. The molecule has 7 atom stereocenters. The van der Waals surface area contributed by atoms with E-state index >= 15 is 0 Å². The lowest BCUT2D eigenvalue weighted by atomic mass is 9.43. The Labute approximate surface area is 202 Å². The number of hydrogen-bond donors (Lipinski definition) is 2. The zero-order chi connectivity index (χ0) is 24.6. The van der Waals surface area contributed by atoms with Crippen LogP contribution in [0.2, 0.25) is 0 Å². The fraction of sp³-hybridized carbons (Fsp3) is 0.833. The highest BCUT2D eigenvalue weighted by atomic mass is 16.3. The molecule has 33 heavy (non-hydrogen) atoms. The van der Waals surface area contributed by atoms with Crippen LogP contribution in [0.5, 0.6) is 0 Å². The van der Waals surface area contributed by atoms with Gasteiger partial charge in [-0.15, -0.1) is 0 Å². The summed E-state index contributed by atoms with van der Waals surface area (Å²) < 4.78 is 0. The van der Waals surface area contributed by atoms with E-state index in [-0.39, 0.29) is 33.7 Å². The summed E-state index contributed by atoms with van der Waals surface area (Å²) >= 11 is 0. The van der Waals surface area contributed by atoms with Crippen molar-refractivity contribution < 1.29 is 15.0 Å². The molecule has 0 bridgehead atoms. The number of carbonyl (C=O) groups excluding carboxylic acids is 1. The van der Waals surface area contributed by atoms with Gasteiger partial charge in [-0.25, -0.2) is 0 Å². The van der Waals surface area contributed by atoms with Crippen LogP contribution >= 0.6 is 0 Å². The summed E-state index contributed by atoms with van der Waals surface area (Å²) in [6, 6.07) is 0. The predicted molar refractivity (Wildman–Crippen MR) is 135 cm³/mol. The molecule has 0 spiro atoms. The Balaban J connectivity index is 1.69. The van der Waals surface area contributed by atoms with Gasteiger partial charge in [0.2, 0.25) is 0 Å². The number of aliphatic hydroxyl groups excluding tert-OH is 1. The van der Waals surface area contributed by atoms with Gasteiger partial charge in [-0.1, -0.05) is 59.3 Å². The van der Waals surface area contributed by atoms with E-state index in [1.807, 2.05) is 19.9 Å². The molecule has 0 aromatic heterocycles. The third-order valence-electron chi connectivity index (χ3n) is 11.3. The van der Waals surface area contributed by atoms with Gasteiger partial charge in [0, 0.05) is 17.4 Å². The van der Waals surface area contributed by atoms with E-state index in [0.29, 0.717) is 24.0 Å². The zero-order valence-electron chi connectivity index (χ0n) is 22.4. The van der Waals surface area contributed by atoms with Crippen LogP contribution in [0.15, 0.2) is 23.3 Å². The number of rotatable bonds is 4. The summed E-state index contributed by atoms with van der Waals surface area (Å²) in [6.07, 6.45) is 11.7. The maximum atomic E-state index is 13.9. The summed E-state index contributed by atoms with van der Waals surface area (Å²) in [4.78, 5) is 13.9. The summed E-state index contributed by atoms with van der Waals surface area (Å²) in [5.41, 5.74) is 1.79. The summed E-state index contributed by atoms with van der Waals surface area (Å²) in [5, 5.41) is 20.8. The van der Waals surface area contributed by atoms with Gasteiger partial charge in [0.15, 0.2) is 5.78 Å². The second-order valence-corrected chi connectivity index (χ2v) is 14.0. The topological polar surface area (TPSA) is 57.5 Å². The molecule has 2 saturated carbocycles. The molecule has 0 aromatic rings. The second-order valence-electron chi connectivity index (χ2n) is 14.0. The average Bonchev–Trinajstić information content (AvgIpc) is 2.97.